The van der Waals surface area contributed by atoms with Crippen molar-refractivity contribution in [3.05, 3.63) is 62.4 Å². The van der Waals surface area contributed by atoms with Gasteiger partial charge in [-0.25, -0.2) is 4.79 Å². The van der Waals surface area contributed by atoms with Gasteiger partial charge in [-0.3, -0.25) is 14.3 Å². The number of hydrogen-bond donors (Lipinski definition) is 3. The molecule has 0 aliphatic carbocycles. The van der Waals surface area contributed by atoms with E-state index in [1.54, 1.807) is 6.92 Å². The van der Waals surface area contributed by atoms with Crippen molar-refractivity contribution in [1.82, 2.24) is 9.55 Å². The third-order valence-electron chi connectivity index (χ3n) is 4.67. The molecule has 0 saturated carbocycles. The first-order valence-corrected chi connectivity index (χ1v) is 8.34. The molecule has 140 valence electrons. The van der Waals surface area contributed by atoms with Gasteiger partial charge in [0.15, 0.2) is 0 Å². The van der Waals surface area contributed by atoms with Crippen LogP contribution in [-0.4, -0.2) is 38.6 Å². The number of rotatable bonds is 5. The van der Waals surface area contributed by atoms with Gasteiger partial charge in [0, 0.05) is 6.42 Å². The summed E-state index contributed by atoms with van der Waals surface area (Å²) in [5, 5.41) is 19.2. The van der Waals surface area contributed by atoms with Gasteiger partial charge in [0.2, 0.25) is 5.75 Å². The second-order valence-corrected chi connectivity index (χ2v) is 6.62. The molecule has 0 amide bonds. The molecule has 1 aliphatic rings. The van der Waals surface area contributed by atoms with Crippen molar-refractivity contribution in [3.8, 4) is 5.75 Å². The zero-order valence-electron chi connectivity index (χ0n) is 14.6. The molecule has 1 aromatic carbocycles. The lowest BCUT2D eigenvalue weighted by atomic mass is 10.1. The maximum absolute atomic E-state index is 12.2. The lowest BCUT2D eigenvalue weighted by Crippen LogP contribution is -2.42. The van der Waals surface area contributed by atoms with Crippen LogP contribution in [0, 0.1) is 6.92 Å². The Labute approximate surface area is 149 Å². The van der Waals surface area contributed by atoms with E-state index in [1.807, 2.05) is 31.2 Å². The maximum atomic E-state index is 12.2. The average Bonchev–Trinajstić information content (AvgIpc) is 2.90. The number of aromatic amines is 1. The molecule has 2 aromatic rings. The van der Waals surface area contributed by atoms with Crippen LogP contribution >= 0.6 is 0 Å². The Balaban J connectivity index is 1.89. The van der Waals surface area contributed by atoms with Gasteiger partial charge < -0.3 is 19.7 Å². The molecule has 8 heteroatoms. The van der Waals surface area contributed by atoms with Crippen molar-refractivity contribution in [2.75, 3.05) is 6.61 Å². The molecule has 1 aliphatic heterocycles. The van der Waals surface area contributed by atoms with Crippen LogP contribution in [0.5, 0.6) is 5.75 Å². The predicted molar refractivity (Wildman–Crippen MR) is 93.1 cm³/mol. The molecule has 0 bridgehead atoms. The average molecular weight is 362 g/mol. The molecule has 1 saturated heterocycles. The largest absolute Gasteiger partial charge is 0.482 e. The van der Waals surface area contributed by atoms with E-state index in [0.717, 1.165) is 11.1 Å². The number of aromatic nitrogens is 2. The minimum Gasteiger partial charge on any atom is -0.482 e. The predicted octanol–water partition coefficient (Wildman–Crippen LogP) is 0.239. The Morgan fingerprint density at radius 1 is 1.38 bits per heavy atom. The van der Waals surface area contributed by atoms with Gasteiger partial charge >= 0.3 is 5.69 Å². The maximum Gasteiger partial charge on any atom is 0.330 e. The molecule has 1 fully saturated rings. The second-order valence-electron chi connectivity index (χ2n) is 6.62. The molecular weight excluding hydrogens is 340 g/mol. The van der Waals surface area contributed by atoms with Gasteiger partial charge in [-0.2, -0.15) is 0 Å². The quantitative estimate of drug-likeness (QED) is 0.702. The SMILES string of the molecule is Cc1ccccc1COc1cn([C@@]2(C)C[C@H](O)[C@@H](CO)O2)c(=O)[nH]c1=O. The number of aliphatic hydroxyl groups is 2. The van der Waals surface area contributed by atoms with Crippen molar-refractivity contribution < 1.29 is 19.7 Å². The Morgan fingerprint density at radius 3 is 2.77 bits per heavy atom. The van der Waals surface area contributed by atoms with Crippen LogP contribution in [0.1, 0.15) is 24.5 Å². The van der Waals surface area contributed by atoms with Gasteiger partial charge in [0.1, 0.15) is 18.4 Å². The van der Waals surface area contributed by atoms with E-state index in [2.05, 4.69) is 4.98 Å². The fourth-order valence-electron chi connectivity index (χ4n) is 3.12. The summed E-state index contributed by atoms with van der Waals surface area (Å²) in [7, 11) is 0. The highest BCUT2D eigenvalue weighted by molar-refractivity contribution is 5.25. The fourth-order valence-corrected chi connectivity index (χ4v) is 3.12. The van der Waals surface area contributed by atoms with Crippen LogP contribution in [0.4, 0.5) is 0 Å². The third kappa shape index (κ3) is 3.44. The van der Waals surface area contributed by atoms with Gasteiger partial charge in [-0.1, -0.05) is 24.3 Å². The monoisotopic (exact) mass is 362 g/mol. The molecule has 2 heterocycles. The number of aryl methyl sites for hydroxylation is 1. The molecule has 3 rings (SSSR count). The summed E-state index contributed by atoms with van der Waals surface area (Å²) in [6.45, 7) is 3.35. The summed E-state index contributed by atoms with van der Waals surface area (Å²) in [5.41, 5.74) is -0.567. The molecule has 1 aromatic heterocycles. The van der Waals surface area contributed by atoms with Gasteiger partial charge in [-0.05, 0) is 25.0 Å². The van der Waals surface area contributed by atoms with Crippen LogP contribution in [0.2, 0.25) is 0 Å². The first kappa shape index (κ1) is 18.4. The molecule has 3 atom stereocenters. The van der Waals surface area contributed by atoms with Crippen molar-refractivity contribution in [3.63, 3.8) is 0 Å². The number of aliphatic hydroxyl groups excluding tert-OH is 2. The normalized spacial score (nSPS) is 25.4. The van der Waals surface area contributed by atoms with Gasteiger partial charge in [0.05, 0.1) is 18.9 Å². The van der Waals surface area contributed by atoms with E-state index in [1.165, 1.54) is 10.8 Å². The van der Waals surface area contributed by atoms with E-state index >= 15 is 0 Å². The Bertz CT molecular complexity index is 905. The fraction of sp³-hybridized carbons (Fsp3) is 0.444. The number of nitrogens with zero attached hydrogens (tertiary/aromatic N) is 1. The highest BCUT2D eigenvalue weighted by atomic mass is 16.6. The molecule has 0 unspecified atom stereocenters. The molecule has 26 heavy (non-hydrogen) atoms. The summed E-state index contributed by atoms with van der Waals surface area (Å²) in [6, 6.07) is 7.62. The Kier molecular flexibility index (Phi) is 4.99. The molecule has 0 radical (unpaired) electrons. The van der Waals surface area contributed by atoms with E-state index in [4.69, 9.17) is 9.47 Å². The van der Waals surface area contributed by atoms with E-state index in [-0.39, 0.29) is 25.4 Å². The highest BCUT2D eigenvalue weighted by Crippen LogP contribution is 2.33. The van der Waals surface area contributed by atoms with E-state index in [9.17, 15) is 19.8 Å². The first-order chi connectivity index (χ1) is 12.3. The summed E-state index contributed by atoms with van der Waals surface area (Å²) >= 11 is 0. The zero-order chi connectivity index (χ0) is 18.9. The number of nitrogens with one attached hydrogen (secondary N) is 1. The minimum atomic E-state index is -1.20. The van der Waals surface area contributed by atoms with Crippen molar-refractivity contribution >= 4 is 0 Å². The van der Waals surface area contributed by atoms with Gasteiger partial charge in [0.25, 0.3) is 5.56 Å². The topological polar surface area (TPSA) is 114 Å². The van der Waals surface area contributed by atoms with Crippen molar-refractivity contribution in [1.29, 1.82) is 0 Å². The Morgan fingerprint density at radius 2 is 2.12 bits per heavy atom. The van der Waals surface area contributed by atoms with Crippen LogP contribution in [-0.2, 0) is 17.1 Å². The number of H-pyrrole nitrogens is 1. The second kappa shape index (κ2) is 7.06. The standard InChI is InChI=1S/C18H22N2O6/c1-11-5-3-4-6-12(11)10-25-14-8-20(17(24)19-16(14)23)18(2)7-13(22)15(9-21)26-18/h3-6,8,13,15,21-22H,7,9-10H2,1-2H3,(H,19,23,24)/t13-,15+,18+/m0/s1. The number of benzene rings is 1. The molecule has 8 nitrogen and oxygen atoms in total. The third-order valence-corrected chi connectivity index (χ3v) is 4.67. The van der Waals surface area contributed by atoms with Crippen LogP contribution in [0.3, 0.4) is 0 Å². The zero-order valence-corrected chi connectivity index (χ0v) is 14.6. The lowest BCUT2D eigenvalue weighted by Gasteiger charge is -2.26. The summed E-state index contributed by atoms with van der Waals surface area (Å²) in [6.07, 6.45) is -0.330. The Hall–Kier alpha value is -2.42. The molecule has 3 N–H and O–H groups in total. The molecule has 0 spiro atoms. The van der Waals surface area contributed by atoms with Crippen LogP contribution < -0.4 is 16.0 Å². The summed E-state index contributed by atoms with van der Waals surface area (Å²) in [5.74, 6) is -0.0281. The van der Waals surface area contributed by atoms with Crippen molar-refractivity contribution in [2.24, 2.45) is 0 Å². The van der Waals surface area contributed by atoms with Gasteiger partial charge in [-0.15, -0.1) is 0 Å². The smallest absolute Gasteiger partial charge is 0.330 e. The van der Waals surface area contributed by atoms with Crippen LogP contribution in [0.25, 0.3) is 0 Å². The van der Waals surface area contributed by atoms with Crippen LogP contribution in [0.15, 0.2) is 40.1 Å². The summed E-state index contributed by atoms with van der Waals surface area (Å²) in [4.78, 5) is 26.5. The number of ether oxygens (including phenoxy) is 2. The summed E-state index contributed by atoms with van der Waals surface area (Å²) < 4.78 is 12.4. The van der Waals surface area contributed by atoms with Crippen molar-refractivity contribution in [2.45, 2.75) is 44.8 Å². The van der Waals surface area contributed by atoms with E-state index < -0.39 is 29.2 Å². The lowest BCUT2D eigenvalue weighted by molar-refractivity contribution is -0.108. The number of hydrogen-bond acceptors (Lipinski definition) is 6. The first-order valence-electron chi connectivity index (χ1n) is 8.34. The molecular formula is C18H22N2O6. The highest BCUT2D eigenvalue weighted by Gasteiger charge is 2.44. The minimum absolute atomic E-state index is 0.0281. The van der Waals surface area contributed by atoms with E-state index in [0.29, 0.717) is 0 Å².